The second kappa shape index (κ2) is 8.17. The van der Waals surface area contributed by atoms with Crippen LogP contribution in [0.25, 0.3) is 5.69 Å². The average molecular weight is 437 g/mol. The Morgan fingerprint density at radius 3 is 2.10 bits per heavy atom. The Morgan fingerprint density at radius 2 is 1.55 bits per heavy atom. The van der Waals surface area contributed by atoms with Crippen molar-refractivity contribution in [3.63, 3.8) is 0 Å². The number of halogens is 3. The summed E-state index contributed by atoms with van der Waals surface area (Å²) in [5, 5.41) is 13.1. The van der Waals surface area contributed by atoms with E-state index in [0.717, 1.165) is 12.1 Å². The van der Waals surface area contributed by atoms with E-state index in [-0.39, 0.29) is 6.54 Å². The Morgan fingerprint density at radius 1 is 1.00 bits per heavy atom. The maximum Gasteiger partial charge on any atom is 0.573 e. The smallest absolute Gasteiger partial charge is 0.478 e. The zero-order chi connectivity index (χ0) is 22.8. The fraction of sp³-hybridized carbons (Fsp3) is 0.250. The zero-order valence-electron chi connectivity index (χ0n) is 16.5. The predicted molar refractivity (Wildman–Crippen MR) is 102 cm³/mol. The van der Waals surface area contributed by atoms with Crippen molar-refractivity contribution in [2.24, 2.45) is 0 Å². The number of ether oxygens (including phenoxy) is 2. The summed E-state index contributed by atoms with van der Waals surface area (Å²) in [6, 6.07) is 11.3. The van der Waals surface area contributed by atoms with E-state index in [4.69, 9.17) is 9.84 Å². The van der Waals surface area contributed by atoms with Crippen molar-refractivity contribution >= 4 is 5.97 Å². The Balaban J connectivity index is 1.72. The molecule has 2 aromatic carbocycles. The minimum absolute atomic E-state index is 0.129. The number of carboxylic acids is 1. The molecule has 164 valence electrons. The first-order chi connectivity index (χ1) is 14.4. The average Bonchev–Trinajstić information content (AvgIpc) is 3.03. The number of aromatic nitrogens is 3. The summed E-state index contributed by atoms with van der Waals surface area (Å²) in [6.45, 7) is 2.98. The molecule has 0 saturated carbocycles. The minimum Gasteiger partial charge on any atom is -0.478 e. The lowest BCUT2D eigenvalue weighted by Gasteiger charge is -2.21. The SMILES string of the molecule is CC(C)(Oc1ccc(Cn2ncn(-c3ccc(OC(F)(F)F)cc3)c2=O)cc1)C(=O)O. The van der Waals surface area contributed by atoms with Gasteiger partial charge in [-0.2, -0.15) is 5.10 Å². The molecular weight excluding hydrogens is 419 g/mol. The fourth-order valence-electron chi connectivity index (χ4n) is 2.61. The van der Waals surface area contributed by atoms with E-state index in [1.54, 1.807) is 24.3 Å². The minimum atomic E-state index is -4.80. The van der Waals surface area contributed by atoms with Gasteiger partial charge in [0.15, 0.2) is 5.60 Å². The van der Waals surface area contributed by atoms with Crippen LogP contribution in [-0.4, -0.2) is 37.4 Å². The van der Waals surface area contributed by atoms with Crippen molar-refractivity contribution in [1.82, 2.24) is 14.3 Å². The molecule has 0 aliphatic carbocycles. The van der Waals surface area contributed by atoms with Crippen molar-refractivity contribution in [2.75, 3.05) is 0 Å². The highest BCUT2D eigenvalue weighted by atomic mass is 19.4. The number of alkyl halides is 3. The van der Waals surface area contributed by atoms with Crippen LogP contribution in [0.15, 0.2) is 59.7 Å². The lowest BCUT2D eigenvalue weighted by Crippen LogP contribution is -2.37. The third kappa shape index (κ3) is 5.44. The van der Waals surface area contributed by atoms with Gasteiger partial charge in [-0.1, -0.05) is 12.1 Å². The van der Waals surface area contributed by atoms with E-state index >= 15 is 0 Å². The topological polar surface area (TPSA) is 95.6 Å². The molecule has 3 aromatic rings. The summed E-state index contributed by atoms with van der Waals surface area (Å²) in [4.78, 5) is 23.7. The van der Waals surface area contributed by atoms with Crippen LogP contribution in [0.3, 0.4) is 0 Å². The maximum atomic E-state index is 12.6. The lowest BCUT2D eigenvalue weighted by atomic mass is 10.1. The predicted octanol–water partition coefficient (Wildman–Crippen LogP) is 3.22. The summed E-state index contributed by atoms with van der Waals surface area (Å²) in [5.74, 6) is -1.15. The summed E-state index contributed by atoms with van der Waals surface area (Å²) < 4.78 is 48.4. The van der Waals surface area contributed by atoms with Crippen molar-refractivity contribution in [2.45, 2.75) is 32.4 Å². The Labute approximate surface area is 174 Å². The number of aliphatic carboxylic acids is 1. The van der Waals surface area contributed by atoms with Gasteiger partial charge in [-0.15, -0.1) is 13.2 Å². The van der Waals surface area contributed by atoms with Gasteiger partial charge in [-0.25, -0.2) is 18.8 Å². The first kappa shape index (κ1) is 21.9. The maximum absolute atomic E-state index is 12.6. The largest absolute Gasteiger partial charge is 0.573 e. The van der Waals surface area contributed by atoms with Crippen molar-refractivity contribution in [3.8, 4) is 17.2 Å². The number of hydrogen-bond acceptors (Lipinski definition) is 5. The fourth-order valence-corrected chi connectivity index (χ4v) is 2.61. The number of carbonyl (C=O) groups is 1. The van der Waals surface area contributed by atoms with Gasteiger partial charge >= 0.3 is 18.0 Å². The lowest BCUT2D eigenvalue weighted by molar-refractivity contribution is -0.274. The molecule has 1 aromatic heterocycles. The van der Waals surface area contributed by atoms with Crippen LogP contribution in [0.2, 0.25) is 0 Å². The molecule has 0 atom stereocenters. The van der Waals surface area contributed by atoms with E-state index in [0.29, 0.717) is 17.0 Å². The van der Waals surface area contributed by atoms with E-state index in [2.05, 4.69) is 9.84 Å². The molecule has 1 heterocycles. The molecule has 0 aliphatic rings. The van der Waals surface area contributed by atoms with E-state index in [1.807, 2.05) is 0 Å². The van der Waals surface area contributed by atoms with E-state index in [1.165, 1.54) is 41.6 Å². The molecule has 0 unspecified atom stereocenters. The second-order valence-corrected chi connectivity index (χ2v) is 7.04. The number of benzene rings is 2. The molecular formula is C20H18F3N3O5. The van der Waals surface area contributed by atoms with E-state index < -0.39 is 29.4 Å². The molecule has 0 amide bonds. The highest BCUT2D eigenvalue weighted by Gasteiger charge is 2.31. The van der Waals surface area contributed by atoms with Crippen molar-refractivity contribution in [3.05, 3.63) is 70.9 Å². The van der Waals surface area contributed by atoms with Gasteiger partial charge in [0.1, 0.15) is 17.8 Å². The van der Waals surface area contributed by atoms with Crippen LogP contribution in [0.5, 0.6) is 11.5 Å². The van der Waals surface area contributed by atoms with Crippen LogP contribution in [0, 0.1) is 0 Å². The molecule has 1 N–H and O–H groups in total. The molecule has 0 fully saturated rings. The van der Waals surface area contributed by atoms with Gasteiger partial charge in [0.05, 0.1) is 12.2 Å². The zero-order valence-corrected chi connectivity index (χ0v) is 16.5. The number of hydrogen-bond donors (Lipinski definition) is 1. The Kier molecular flexibility index (Phi) is 5.78. The first-order valence-corrected chi connectivity index (χ1v) is 8.97. The highest BCUT2D eigenvalue weighted by Crippen LogP contribution is 2.23. The highest BCUT2D eigenvalue weighted by molar-refractivity contribution is 5.76. The molecule has 0 spiro atoms. The second-order valence-electron chi connectivity index (χ2n) is 7.04. The van der Waals surface area contributed by atoms with Crippen LogP contribution >= 0.6 is 0 Å². The quantitative estimate of drug-likeness (QED) is 0.610. The van der Waals surface area contributed by atoms with Crippen LogP contribution in [-0.2, 0) is 11.3 Å². The van der Waals surface area contributed by atoms with Crippen LogP contribution in [0.1, 0.15) is 19.4 Å². The number of carboxylic acid groups (broad SMARTS) is 1. The third-order valence-electron chi connectivity index (χ3n) is 4.23. The monoisotopic (exact) mass is 437 g/mol. The van der Waals surface area contributed by atoms with Crippen molar-refractivity contribution < 1.29 is 32.5 Å². The Hall–Kier alpha value is -3.76. The van der Waals surface area contributed by atoms with Crippen molar-refractivity contribution in [1.29, 1.82) is 0 Å². The van der Waals surface area contributed by atoms with Gasteiger partial charge in [0.2, 0.25) is 0 Å². The first-order valence-electron chi connectivity index (χ1n) is 8.97. The summed E-state index contributed by atoms with van der Waals surface area (Å²) in [7, 11) is 0. The number of rotatable bonds is 7. The molecule has 11 heteroatoms. The molecule has 3 rings (SSSR count). The molecule has 8 nitrogen and oxygen atoms in total. The summed E-state index contributed by atoms with van der Waals surface area (Å²) >= 11 is 0. The van der Waals surface area contributed by atoms with Gasteiger partial charge in [0.25, 0.3) is 0 Å². The van der Waals surface area contributed by atoms with Gasteiger partial charge in [-0.05, 0) is 55.8 Å². The van der Waals surface area contributed by atoms with E-state index in [9.17, 15) is 22.8 Å². The Bertz CT molecular complexity index is 1120. The molecule has 0 radical (unpaired) electrons. The number of nitrogens with zero attached hydrogens (tertiary/aromatic N) is 3. The summed E-state index contributed by atoms with van der Waals surface area (Å²) in [5.41, 5.74) is -0.846. The molecule has 0 bridgehead atoms. The molecule has 0 saturated heterocycles. The molecule has 31 heavy (non-hydrogen) atoms. The molecule has 0 aliphatic heterocycles. The van der Waals surface area contributed by atoms with Crippen LogP contribution < -0.4 is 15.2 Å². The third-order valence-corrected chi connectivity index (χ3v) is 4.23. The van der Waals surface area contributed by atoms with Gasteiger partial charge in [-0.3, -0.25) is 0 Å². The van der Waals surface area contributed by atoms with Gasteiger partial charge in [0, 0.05) is 0 Å². The normalized spacial score (nSPS) is 11.9. The summed E-state index contributed by atoms with van der Waals surface area (Å²) in [6.07, 6.45) is -3.54. The van der Waals surface area contributed by atoms with Crippen LogP contribution in [0.4, 0.5) is 13.2 Å². The van der Waals surface area contributed by atoms with Gasteiger partial charge < -0.3 is 14.6 Å². The standard InChI is InChI=1S/C20H18F3N3O5/c1-19(2,17(27)28)30-15-7-3-13(4-8-15)11-26-18(29)25(12-24-26)14-5-9-16(10-6-14)31-20(21,22)23/h3-10,12H,11H2,1-2H3,(H,27,28).